The summed E-state index contributed by atoms with van der Waals surface area (Å²) in [6, 6.07) is 0. The molecule has 0 aromatic heterocycles. The zero-order valence-corrected chi connectivity index (χ0v) is 8.72. The van der Waals surface area contributed by atoms with Crippen molar-refractivity contribution in [2.75, 3.05) is 6.54 Å². The highest BCUT2D eigenvalue weighted by Crippen LogP contribution is 2.37. The Kier molecular flexibility index (Phi) is 3.93. The van der Waals surface area contributed by atoms with Gasteiger partial charge in [0.15, 0.2) is 0 Å². The first-order valence-corrected chi connectivity index (χ1v) is 5.25. The fraction of sp³-hybridized carbons (Fsp3) is 0.583. The lowest BCUT2D eigenvalue weighted by molar-refractivity contribution is -0.128. The number of hydrogen-bond acceptors (Lipinski definition) is 1. The maximum atomic E-state index is 11.7. The molecule has 1 aliphatic heterocycles. The van der Waals surface area contributed by atoms with Crippen molar-refractivity contribution in [3.8, 4) is 0 Å². The molecule has 14 heavy (non-hydrogen) atoms. The monoisotopic (exact) mass is 193 g/mol. The van der Waals surface area contributed by atoms with Gasteiger partial charge in [0, 0.05) is 6.54 Å². The maximum absolute atomic E-state index is 11.7. The predicted molar refractivity (Wildman–Crippen MR) is 58.9 cm³/mol. The van der Waals surface area contributed by atoms with Gasteiger partial charge in [0.1, 0.15) is 0 Å². The van der Waals surface area contributed by atoms with E-state index < -0.39 is 0 Å². The summed E-state index contributed by atoms with van der Waals surface area (Å²) in [7, 11) is 0. The quantitative estimate of drug-likeness (QED) is 0.645. The van der Waals surface area contributed by atoms with E-state index in [0.717, 1.165) is 38.6 Å². The Hall–Kier alpha value is -1.05. The maximum Gasteiger partial charge on any atom is 0.226 e. The largest absolute Gasteiger partial charge is 0.356 e. The Morgan fingerprint density at radius 1 is 1.29 bits per heavy atom. The van der Waals surface area contributed by atoms with Crippen molar-refractivity contribution in [3.63, 3.8) is 0 Å². The summed E-state index contributed by atoms with van der Waals surface area (Å²) in [6.07, 6.45) is 8.44. The van der Waals surface area contributed by atoms with Crippen LogP contribution in [0.15, 0.2) is 25.3 Å². The molecule has 0 spiro atoms. The molecule has 2 nitrogen and oxygen atoms in total. The number of nitrogens with one attached hydrogen (secondary N) is 1. The molecule has 1 saturated heterocycles. The number of hydrogen-bond donors (Lipinski definition) is 1. The summed E-state index contributed by atoms with van der Waals surface area (Å²) >= 11 is 0. The predicted octanol–water partition coefficient (Wildman–Crippen LogP) is 2.43. The van der Waals surface area contributed by atoms with Gasteiger partial charge in [-0.3, -0.25) is 4.79 Å². The first-order valence-electron chi connectivity index (χ1n) is 5.25. The van der Waals surface area contributed by atoms with Gasteiger partial charge < -0.3 is 5.32 Å². The van der Waals surface area contributed by atoms with Gasteiger partial charge in [0.25, 0.3) is 0 Å². The molecule has 0 aliphatic carbocycles. The van der Waals surface area contributed by atoms with Crippen LogP contribution in [0.4, 0.5) is 0 Å². The van der Waals surface area contributed by atoms with E-state index in [1.54, 1.807) is 0 Å². The third-order valence-electron chi connectivity index (χ3n) is 3.02. The molecule has 1 heterocycles. The molecule has 0 saturated carbocycles. The average Bonchev–Trinajstić information content (AvgIpc) is 2.55. The Morgan fingerprint density at radius 2 is 1.86 bits per heavy atom. The summed E-state index contributed by atoms with van der Waals surface area (Å²) in [5.74, 6) is 0.223. The number of amides is 1. The van der Waals surface area contributed by atoms with Crippen LogP contribution in [-0.4, -0.2) is 12.5 Å². The standard InChI is InChI=1S/C12H19NO/c1-3-5-7-12(8-6-4-2)9-10-13-11(12)14/h3-4H,1-2,5-10H2,(H,13,14). The van der Waals surface area contributed by atoms with Crippen LogP contribution in [0.25, 0.3) is 0 Å². The van der Waals surface area contributed by atoms with Crippen molar-refractivity contribution in [2.24, 2.45) is 5.41 Å². The van der Waals surface area contributed by atoms with Gasteiger partial charge in [0.05, 0.1) is 5.41 Å². The van der Waals surface area contributed by atoms with Crippen LogP contribution in [0.5, 0.6) is 0 Å². The van der Waals surface area contributed by atoms with Crippen molar-refractivity contribution in [1.82, 2.24) is 5.32 Å². The SMILES string of the molecule is C=CCCC1(CCC=C)CCNC1=O. The molecular formula is C12H19NO. The van der Waals surface area contributed by atoms with E-state index >= 15 is 0 Å². The summed E-state index contributed by atoms with van der Waals surface area (Å²) < 4.78 is 0. The minimum absolute atomic E-state index is 0.137. The number of rotatable bonds is 6. The van der Waals surface area contributed by atoms with Crippen LogP contribution >= 0.6 is 0 Å². The Balaban J connectivity index is 2.62. The highest BCUT2D eigenvalue weighted by Gasteiger charge is 2.40. The Bertz CT molecular complexity index is 220. The molecule has 0 aromatic carbocycles. The van der Waals surface area contributed by atoms with Crippen molar-refractivity contribution >= 4 is 5.91 Å². The molecule has 1 fully saturated rings. The molecule has 0 unspecified atom stereocenters. The highest BCUT2D eigenvalue weighted by atomic mass is 16.2. The van der Waals surface area contributed by atoms with E-state index in [9.17, 15) is 4.79 Å². The molecule has 1 aliphatic rings. The second kappa shape index (κ2) is 4.99. The zero-order valence-electron chi connectivity index (χ0n) is 8.72. The fourth-order valence-corrected chi connectivity index (χ4v) is 2.08. The van der Waals surface area contributed by atoms with Crippen LogP contribution in [0.3, 0.4) is 0 Å². The highest BCUT2D eigenvalue weighted by molar-refractivity contribution is 5.84. The molecule has 0 bridgehead atoms. The summed E-state index contributed by atoms with van der Waals surface area (Å²) in [5.41, 5.74) is -0.137. The Morgan fingerprint density at radius 3 is 2.21 bits per heavy atom. The lowest BCUT2D eigenvalue weighted by Crippen LogP contribution is -2.31. The third-order valence-corrected chi connectivity index (χ3v) is 3.02. The molecular weight excluding hydrogens is 174 g/mol. The summed E-state index contributed by atoms with van der Waals surface area (Å²) in [6.45, 7) is 8.24. The molecule has 78 valence electrons. The number of carbonyl (C=O) groups excluding carboxylic acids is 1. The summed E-state index contributed by atoms with van der Waals surface area (Å²) in [4.78, 5) is 11.7. The second-order valence-corrected chi connectivity index (χ2v) is 3.94. The van der Waals surface area contributed by atoms with Crippen LogP contribution in [0.1, 0.15) is 32.1 Å². The van der Waals surface area contributed by atoms with Gasteiger partial charge in [-0.15, -0.1) is 13.2 Å². The third kappa shape index (κ3) is 2.25. The Labute approximate surface area is 86.1 Å². The molecule has 0 atom stereocenters. The minimum Gasteiger partial charge on any atom is -0.356 e. The van der Waals surface area contributed by atoms with Gasteiger partial charge in [-0.25, -0.2) is 0 Å². The first kappa shape index (κ1) is 11.0. The van der Waals surface area contributed by atoms with Gasteiger partial charge in [-0.2, -0.15) is 0 Å². The van der Waals surface area contributed by atoms with Gasteiger partial charge in [0.2, 0.25) is 5.91 Å². The molecule has 2 heteroatoms. The van der Waals surface area contributed by atoms with E-state index in [1.807, 2.05) is 12.2 Å². The van der Waals surface area contributed by atoms with E-state index in [1.165, 1.54) is 0 Å². The average molecular weight is 193 g/mol. The van der Waals surface area contributed by atoms with Gasteiger partial charge in [-0.05, 0) is 32.1 Å². The molecule has 1 N–H and O–H groups in total. The van der Waals surface area contributed by atoms with E-state index in [-0.39, 0.29) is 11.3 Å². The molecule has 0 radical (unpaired) electrons. The van der Waals surface area contributed by atoms with Crippen LogP contribution in [0.2, 0.25) is 0 Å². The topological polar surface area (TPSA) is 29.1 Å². The number of allylic oxidation sites excluding steroid dienone is 2. The molecule has 1 amide bonds. The normalized spacial score (nSPS) is 19.0. The molecule has 1 rings (SSSR count). The fourth-order valence-electron chi connectivity index (χ4n) is 2.08. The van der Waals surface area contributed by atoms with Crippen LogP contribution < -0.4 is 5.32 Å². The van der Waals surface area contributed by atoms with Crippen molar-refractivity contribution in [1.29, 1.82) is 0 Å². The number of carbonyl (C=O) groups is 1. The van der Waals surface area contributed by atoms with Crippen LogP contribution in [-0.2, 0) is 4.79 Å². The smallest absolute Gasteiger partial charge is 0.226 e. The van der Waals surface area contributed by atoms with E-state index in [0.29, 0.717) is 0 Å². The molecule has 0 aromatic rings. The van der Waals surface area contributed by atoms with Crippen molar-refractivity contribution < 1.29 is 4.79 Å². The van der Waals surface area contributed by atoms with Crippen molar-refractivity contribution in [3.05, 3.63) is 25.3 Å². The minimum atomic E-state index is -0.137. The van der Waals surface area contributed by atoms with E-state index in [2.05, 4.69) is 18.5 Å². The zero-order chi connectivity index (χ0) is 10.4. The van der Waals surface area contributed by atoms with Gasteiger partial charge in [-0.1, -0.05) is 12.2 Å². The lowest BCUT2D eigenvalue weighted by Gasteiger charge is -2.24. The first-order chi connectivity index (χ1) is 6.75. The summed E-state index contributed by atoms with van der Waals surface area (Å²) in [5, 5.41) is 2.92. The van der Waals surface area contributed by atoms with E-state index in [4.69, 9.17) is 0 Å². The van der Waals surface area contributed by atoms with Crippen molar-refractivity contribution in [2.45, 2.75) is 32.1 Å². The van der Waals surface area contributed by atoms with Gasteiger partial charge >= 0.3 is 0 Å². The second-order valence-electron chi connectivity index (χ2n) is 3.94. The lowest BCUT2D eigenvalue weighted by atomic mass is 9.77. The van der Waals surface area contributed by atoms with Crippen LogP contribution in [0, 0.1) is 5.41 Å².